The molecule has 0 aliphatic carbocycles. The van der Waals surface area contributed by atoms with Gasteiger partial charge in [-0.25, -0.2) is 0 Å². The third-order valence-corrected chi connectivity index (χ3v) is 5.88. The Morgan fingerprint density at radius 1 is 1.07 bits per heavy atom. The number of nitrogens with one attached hydrogen (secondary N) is 1. The molecule has 2 aliphatic heterocycles. The Morgan fingerprint density at radius 3 is 2.47 bits per heavy atom. The van der Waals surface area contributed by atoms with Gasteiger partial charge in [-0.3, -0.25) is 14.4 Å². The van der Waals surface area contributed by atoms with E-state index < -0.39 is 6.04 Å². The first-order valence-corrected chi connectivity index (χ1v) is 10.4. The van der Waals surface area contributed by atoms with E-state index in [0.29, 0.717) is 56.0 Å². The summed E-state index contributed by atoms with van der Waals surface area (Å²) < 4.78 is 4.97. The number of hydrogen-bond donors (Lipinski definition) is 1. The maximum Gasteiger partial charge on any atom is 0.254 e. The number of aromatic nitrogens is 1. The molecule has 8 heteroatoms. The number of benzene rings is 1. The molecule has 1 aromatic carbocycles. The molecule has 3 amide bonds. The van der Waals surface area contributed by atoms with Gasteiger partial charge in [0.15, 0.2) is 5.82 Å². The Bertz CT molecular complexity index is 918. The molecule has 0 bridgehead atoms. The molecular formula is C22H26N4O4. The second kappa shape index (κ2) is 8.69. The van der Waals surface area contributed by atoms with Crippen LogP contribution in [0.1, 0.15) is 41.8 Å². The predicted octanol–water partition coefficient (Wildman–Crippen LogP) is 2.46. The molecule has 3 heterocycles. The van der Waals surface area contributed by atoms with Crippen molar-refractivity contribution in [1.82, 2.24) is 15.0 Å². The summed E-state index contributed by atoms with van der Waals surface area (Å²) in [7, 11) is 0. The maximum absolute atomic E-state index is 13.1. The fraction of sp³-hybridized carbons (Fsp3) is 0.455. The van der Waals surface area contributed by atoms with Gasteiger partial charge in [-0.15, -0.1) is 0 Å². The summed E-state index contributed by atoms with van der Waals surface area (Å²) in [5.41, 5.74) is 0.607. The van der Waals surface area contributed by atoms with Gasteiger partial charge >= 0.3 is 0 Å². The summed E-state index contributed by atoms with van der Waals surface area (Å²) in [6, 6.07) is 10.3. The van der Waals surface area contributed by atoms with E-state index >= 15 is 0 Å². The van der Waals surface area contributed by atoms with Crippen molar-refractivity contribution in [2.24, 2.45) is 5.92 Å². The van der Waals surface area contributed by atoms with Crippen LogP contribution in [0, 0.1) is 12.8 Å². The van der Waals surface area contributed by atoms with Gasteiger partial charge in [0.2, 0.25) is 11.8 Å². The number of aryl methyl sites for hydroxylation is 1. The summed E-state index contributed by atoms with van der Waals surface area (Å²) in [6.45, 7) is 3.39. The van der Waals surface area contributed by atoms with Gasteiger partial charge in [0, 0.05) is 37.2 Å². The smallest absolute Gasteiger partial charge is 0.254 e. The quantitative estimate of drug-likeness (QED) is 0.835. The number of amides is 3. The number of carbonyl (C=O) groups excluding carboxylic acids is 3. The molecule has 4 rings (SSSR count). The summed E-state index contributed by atoms with van der Waals surface area (Å²) in [4.78, 5) is 41.9. The van der Waals surface area contributed by atoms with E-state index in [1.807, 2.05) is 18.2 Å². The first-order valence-electron chi connectivity index (χ1n) is 10.4. The average molecular weight is 410 g/mol. The van der Waals surface area contributed by atoms with Crippen molar-refractivity contribution >= 4 is 23.5 Å². The fourth-order valence-corrected chi connectivity index (χ4v) is 4.24. The van der Waals surface area contributed by atoms with Crippen LogP contribution in [0.15, 0.2) is 40.9 Å². The lowest BCUT2D eigenvalue weighted by atomic mass is 9.95. The van der Waals surface area contributed by atoms with Crippen molar-refractivity contribution in [3.8, 4) is 0 Å². The molecule has 2 aliphatic rings. The maximum atomic E-state index is 13.1. The molecule has 0 spiro atoms. The average Bonchev–Trinajstić information content (AvgIpc) is 3.42. The van der Waals surface area contributed by atoms with Crippen molar-refractivity contribution in [2.75, 3.05) is 25.0 Å². The lowest BCUT2D eigenvalue weighted by Gasteiger charge is -2.35. The normalized spacial score (nSPS) is 19.7. The highest BCUT2D eigenvalue weighted by atomic mass is 16.5. The van der Waals surface area contributed by atoms with Gasteiger partial charge in [-0.1, -0.05) is 23.4 Å². The van der Waals surface area contributed by atoms with Crippen LogP contribution in [0.25, 0.3) is 0 Å². The van der Waals surface area contributed by atoms with Gasteiger partial charge in [0.1, 0.15) is 11.8 Å². The van der Waals surface area contributed by atoms with Crippen molar-refractivity contribution < 1.29 is 18.9 Å². The largest absolute Gasteiger partial charge is 0.360 e. The number of piperidine rings is 1. The molecule has 158 valence electrons. The van der Waals surface area contributed by atoms with Gasteiger partial charge in [-0.05, 0) is 44.7 Å². The highest BCUT2D eigenvalue weighted by Gasteiger charge is 2.38. The van der Waals surface area contributed by atoms with E-state index in [9.17, 15) is 14.4 Å². The topological polar surface area (TPSA) is 95.8 Å². The number of anilines is 1. The van der Waals surface area contributed by atoms with Crippen LogP contribution in [0.5, 0.6) is 0 Å². The Kier molecular flexibility index (Phi) is 5.83. The molecule has 0 saturated carbocycles. The van der Waals surface area contributed by atoms with E-state index in [0.717, 1.165) is 6.42 Å². The zero-order valence-electron chi connectivity index (χ0n) is 17.0. The summed E-state index contributed by atoms with van der Waals surface area (Å²) in [6.07, 6.45) is 2.69. The van der Waals surface area contributed by atoms with Crippen LogP contribution in [-0.2, 0) is 9.59 Å². The van der Waals surface area contributed by atoms with Crippen LogP contribution < -0.4 is 5.32 Å². The number of rotatable bonds is 4. The second-order valence-electron chi connectivity index (χ2n) is 7.93. The van der Waals surface area contributed by atoms with E-state index in [1.54, 1.807) is 34.9 Å². The minimum absolute atomic E-state index is 0.0113. The zero-order chi connectivity index (χ0) is 21.1. The Hall–Kier alpha value is -3.16. The number of nitrogens with zero attached hydrogens (tertiary/aromatic N) is 3. The second-order valence-corrected chi connectivity index (χ2v) is 7.93. The van der Waals surface area contributed by atoms with Crippen LogP contribution in [0.2, 0.25) is 0 Å². The lowest BCUT2D eigenvalue weighted by molar-refractivity contribution is -0.138. The Balaban J connectivity index is 1.33. The molecule has 1 unspecified atom stereocenters. The summed E-state index contributed by atoms with van der Waals surface area (Å²) in [5, 5.41) is 6.56. The first-order chi connectivity index (χ1) is 14.5. The molecule has 1 N–H and O–H groups in total. The monoisotopic (exact) mass is 410 g/mol. The van der Waals surface area contributed by atoms with Crippen LogP contribution in [0.4, 0.5) is 5.82 Å². The van der Waals surface area contributed by atoms with Crippen LogP contribution in [-0.4, -0.2) is 58.4 Å². The molecule has 8 nitrogen and oxygen atoms in total. The van der Waals surface area contributed by atoms with Gasteiger partial charge in [0.25, 0.3) is 5.91 Å². The van der Waals surface area contributed by atoms with E-state index in [1.165, 1.54) is 0 Å². The Labute approximate surface area is 175 Å². The predicted molar refractivity (Wildman–Crippen MR) is 110 cm³/mol. The van der Waals surface area contributed by atoms with Gasteiger partial charge in [-0.2, -0.15) is 0 Å². The molecule has 1 atom stereocenters. The molecule has 0 radical (unpaired) electrons. The third kappa shape index (κ3) is 4.22. The first kappa shape index (κ1) is 20.1. The van der Waals surface area contributed by atoms with Crippen molar-refractivity contribution in [2.45, 2.75) is 38.6 Å². The lowest BCUT2D eigenvalue weighted by Crippen LogP contribution is -2.50. The minimum atomic E-state index is -0.416. The van der Waals surface area contributed by atoms with Gasteiger partial charge in [0.05, 0.1) is 0 Å². The molecule has 2 saturated heterocycles. The van der Waals surface area contributed by atoms with Crippen LogP contribution in [0.3, 0.4) is 0 Å². The van der Waals surface area contributed by atoms with Crippen molar-refractivity contribution in [3.05, 3.63) is 47.7 Å². The van der Waals surface area contributed by atoms with Gasteiger partial charge < -0.3 is 19.6 Å². The molecule has 1 aromatic heterocycles. The standard InChI is InChI=1S/C22H26N4O4/c1-15-14-19(24-30-15)23-20(27)16-9-12-25(13-10-16)22(29)18-8-5-11-26(18)21(28)17-6-3-2-4-7-17/h2-4,6-7,14,16,18H,5,8-13H2,1H3,(H,23,24,27). The fourth-order valence-electron chi connectivity index (χ4n) is 4.24. The Morgan fingerprint density at radius 2 is 1.80 bits per heavy atom. The number of hydrogen-bond acceptors (Lipinski definition) is 5. The van der Waals surface area contributed by atoms with E-state index in [-0.39, 0.29) is 23.6 Å². The minimum Gasteiger partial charge on any atom is -0.360 e. The SMILES string of the molecule is Cc1cc(NC(=O)C2CCN(C(=O)C3CCCN3C(=O)c3ccccc3)CC2)no1. The summed E-state index contributed by atoms with van der Waals surface area (Å²) in [5.74, 6) is 0.675. The van der Waals surface area contributed by atoms with Crippen molar-refractivity contribution in [1.29, 1.82) is 0 Å². The highest BCUT2D eigenvalue weighted by Crippen LogP contribution is 2.25. The molecule has 2 aromatic rings. The third-order valence-electron chi connectivity index (χ3n) is 5.88. The molecule has 30 heavy (non-hydrogen) atoms. The van der Waals surface area contributed by atoms with E-state index in [4.69, 9.17) is 4.52 Å². The number of likely N-dealkylation sites (tertiary alicyclic amines) is 2. The van der Waals surface area contributed by atoms with E-state index in [2.05, 4.69) is 10.5 Å². The molecular weight excluding hydrogens is 384 g/mol. The number of carbonyl (C=O) groups is 3. The summed E-state index contributed by atoms with van der Waals surface area (Å²) >= 11 is 0. The molecule has 2 fully saturated rings. The van der Waals surface area contributed by atoms with Crippen LogP contribution >= 0.6 is 0 Å². The van der Waals surface area contributed by atoms with Crippen molar-refractivity contribution in [3.63, 3.8) is 0 Å². The highest BCUT2D eigenvalue weighted by molar-refractivity contribution is 5.98. The zero-order valence-corrected chi connectivity index (χ0v) is 17.0.